The molecule has 0 amide bonds. The number of nitrogens with one attached hydrogen (secondary N) is 1. The standard InChI is InChI=1S/C12H14FN/c1-4-5-6-14-12-8-9(2)11(13)7-10(12)3/h1,7-8,14H,5-6H2,2-3H3. The van der Waals surface area contributed by atoms with Crippen molar-refractivity contribution in [1.82, 2.24) is 0 Å². The Morgan fingerprint density at radius 3 is 2.71 bits per heavy atom. The van der Waals surface area contributed by atoms with Crippen LogP contribution in [0.3, 0.4) is 0 Å². The summed E-state index contributed by atoms with van der Waals surface area (Å²) in [6.07, 6.45) is 5.81. The zero-order valence-electron chi connectivity index (χ0n) is 8.52. The average Bonchev–Trinajstić information content (AvgIpc) is 2.14. The van der Waals surface area contributed by atoms with Crippen molar-refractivity contribution in [2.45, 2.75) is 20.3 Å². The van der Waals surface area contributed by atoms with Gasteiger partial charge in [-0.2, -0.15) is 0 Å². The van der Waals surface area contributed by atoms with Crippen molar-refractivity contribution >= 4 is 5.69 Å². The fourth-order valence-corrected chi connectivity index (χ4v) is 1.24. The van der Waals surface area contributed by atoms with Gasteiger partial charge in [-0.3, -0.25) is 0 Å². The first-order chi connectivity index (χ1) is 6.65. The first-order valence-corrected chi connectivity index (χ1v) is 4.59. The number of hydrogen-bond acceptors (Lipinski definition) is 1. The molecule has 0 bridgehead atoms. The number of anilines is 1. The summed E-state index contributed by atoms with van der Waals surface area (Å²) in [7, 11) is 0. The van der Waals surface area contributed by atoms with Gasteiger partial charge in [-0.15, -0.1) is 12.3 Å². The summed E-state index contributed by atoms with van der Waals surface area (Å²) in [4.78, 5) is 0. The summed E-state index contributed by atoms with van der Waals surface area (Å²) in [6.45, 7) is 4.35. The second-order valence-corrected chi connectivity index (χ2v) is 3.30. The van der Waals surface area contributed by atoms with Crippen LogP contribution < -0.4 is 5.32 Å². The first-order valence-electron chi connectivity index (χ1n) is 4.59. The molecule has 0 saturated carbocycles. The zero-order valence-corrected chi connectivity index (χ0v) is 8.52. The number of benzene rings is 1. The van der Waals surface area contributed by atoms with Crippen LogP contribution in [0.5, 0.6) is 0 Å². The lowest BCUT2D eigenvalue weighted by Crippen LogP contribution is -2.03. The fourth-order valence-electron chi connectivity index (χ4n) is 1.24. The summed E-state index contributed by atoms with van der Waals surface area (Å²) in [5, 5.41) is 3.17. The SMILES string of the molecule is C#CCCNc1cc(C)c(F)cc1C. The van der Waals surface area contributed by atoms with Gasteiger partial charge < -0.3 is 5.32 Å². The van der Waals surface area contributed by atoms with Gasteiger partial charge in [0.1, 0.15) is 5.82 Å². The maximum Gasteiger partial charge on any atom is 0.126 e. The van der Waals surface area contributed by atoms with E-state index in [1.165, 1.54) is 6.07 Å². The minimum absolute atomic E-state index is 0.162. The molecule has 74 valence electrons. The third kappa shape index (κ3) is 2.50. The molecule has 14 heavy (non-hydrogen) atoms. The van der Waals surface area contributed by atoms with Crippen LogP contribution in [0.15, 0.2) is 12.1 Å². The van der Waals surface area contributed by atoms with Gasteiger partial charge in [-0.1, -0.05) is 0 Å². The van der Waals surface area contributed by atoms with Gasteiger partial charge in [0.2, 0.25) is 0 Å². The molecular weight excluding hydrogens is 177 g/mol. The first kappa shape index (κ1) is 10.6. The minimum atomic E-state index is -0.162. The van der Waals surface area contributed by atoms with E-state index in [1.807, 2.05) is 6.92 Å². The molecule has 0 spiro atoms. The highest BCUT2D eigenvalue weighted by Gasteiger charge is 2.02. The Labute approximate surface area is 84.3 Å². The maximum atomic E-state index is 13.1. The van der Waals surface area contributed by atoms with E-state index < -0.39 is 0 Å². The van der Waals surface area contributed by atoms with Gasteiger partial charge in [0, 0.05) is 18.7 Å². The largest absolute Gasteiger partial charge is 0.384 e. The highest BCUT2D eigenvalue weighted by molar-refractivity contribution is 5.52. The number of terminal acetylenes is 1. The molecule has 1 aromatic carbocycles. The molecule has 1 nitrogen and oxygen atoms in total. The topological polar surface area (TPSA) is 12.0 Å². The Bertz CT molecular complexity index is 363. The summed E-state index contributed by atoms with van der Waals surface area (Å²) >= 11 is 0. The highest BCUT2D eigenvalue weighted by atomic mass is 19.1. The van der Waals surface area contributed by atoms with E-state index >= 15 is 0 Å². The number of halogens is 1. The van der Waals surface area contributed by atoms with Crippen LogP contribution in [0.1, 0.15) is 17.5 Å². The Hall–Kier alpha value is -1.49. The maximum absolute atomic E-state index is 13.1. The van der Waals surface area contributed by atoms with Crippen LogP contribution in [0.25, 0.3) is 0 Å². The summed E-state index contributed by atoms with van der Waals surface area (Å²) in [5.74, 6) is 2.38. The van der Waals surface area contributed by atoms with E-state index in [9.17, 15) is 4.39 Å². The van der Waals surface area contributed by atoms with Gasteiger partial charge >= 0.3 is 0 Å². The number of hydrogen-bond donors (Lipinski definition) is 1. The zero-order chi connectivity index (χ0) is 10.6. The van der Waals surface area contributed by atoms with Crippen molar-refractivity contribution in [1.29, 1.82) is 0 Å². The molecule has 0 atom stereocenters. The molecule has 0 radical (unpaired) electrons. The third-order valence-corrected chi connectivity index (χ3v) is 2.09. The second kappa shape index (κ2) is 4.66. The van der Waals surface area contributed by atoms with Crippen LogP contribution >= 0.6 is 0 Å². The Kier molecular flexibility index (Phi) is 3.53. The van der Waals surface area contributed by atoms with Gasteiger partial charge in [0.25, 0.3) is 0 Å². The fraction of sp³-hybridized carbons (Fsp3) is 0.333. The molecule has 0 unspecified atom stereocenters. The highest BCUT2D eigenvalue weighted by Crippen LogP contribution is 2.19. The molecule has 0 aliphatic carbocycles. The van der Waals surface area contributed by atoms with E-state index in [0.29, 0.717) is 12.0 Å². The normalized spacial score (nSPS) is 9.57. The lowest BCUT2D eigenvalue weighted by molar-refractivity contribution is 0.617. The van der Waals surface area contributed by atoms with E-state index in [1.54, 1.807) is 13.0 Å². The lowest BCUT2D eigenvalue weighted by Gasteiger charge is -2.09. The quantitative estimate of drug-likeness (QED) is 0.572. The van der Waals surface area contributed by atoms with Crippen molar-refractivity contribution in [3.8, 4) is 12.3 Å². The van der Waals surface area contributed by atoms with E-state index in [4.69, 9.17) is 6.42 Å². The molecule has 1 rings (SSSR count). The third-order valence-electron chi connectivity index (χ3n) is 2.09. The van der Waals surface area contributed by atoms with Gasteiger partial charge in [0.05, 0.1) is 0 Å². The van der Waals surface area contributed by atoms with Crippen molar-refractivity contribution in [3.05, 3.63) is 29.1 Å². The molecule has 2 heteroatoms. The van der Waals surface area contributed by atoms with Gasteiger partial charge in [-0.05, 0) is 37.1 Å². The van der Waals surface area contributed by atoms with Gasteiger partial charge in [0.15, 0.2) is 0 Å². The van der Waals surface area contributed by atoms with E-state index in [-0.39, 0.29) is 5.82 Å². The molecule has 0 heterocycles. The number of aryl methyl sites for hydroxylation is 2. The summed E-state index contributed by atoms with van der Waals surface area (Å²) < 4.78 is 13.1. The average molecular weight is 191 g/mol. The van der Waals surface area contributed by atoms with Crippen molar-refractivity contribution in [2.75, 3.05) is 11.9 Å². The van der Waals surface area contributed by atoms with Crippen LogP contribution in [0.2, 0.25) is 0 Å². The smallest absolute Gasteiger partial charge is 0.126 e. The monoisotopic (exact) mass is 191 g/mol. The predicted octanol–water partition coefficient (Wildman–Crippen LogP) is 2.88. The molecule has 1 aromatic rings. The van der Waals surface area contributed by atoms with Crippen LogP contribution in [-0.4, -0.2) is 6.54 Å². The van der Waals surface area contributed by atoms with E-state index in [0.717, 1.165) is 17.8 Å². The second-order valence-electron chi connectivity index (χ2n) is 3.30. The predicted molar refractivity (Wildman–Crippen MR) is 57.8 cm³/mol. The lowest BCUT2D eigenvalue weighted by atomic mass is 10.1. The Morgan fingerprint density at radius 1 is 1.36 bits per heavy atom. The van der Waals surface area contributed by atoms with Gasteiger partial charge in [-0.25, -0.2) is 4.39 Å². The molecule has 0 aliphatic heterocycles. The molecule has 0 aromatic heterocycles. The minimum Gasteiger partial charge on any atom is -0.384 e. The summed E-state index contributed by atoms with van der Waals surface area (Å²) in [5.41, 5.74) is 2.52. The van der Waals surface area contributed by atoms with Crippen LogP contribution in [0.4, 0.5) is 10.1 Å². The molecular formula is C12H14FN. The van der Waals surface area contributed by atoms with Crippen molar-refractivity contribution in [3.63, 3.8) is 0 Å². The molecule has 1 N–H and O–H groups in total. The van der Waals surface area contributed by atoms with Crippen molar-refractivity contribution < 1.29 is 4.39 Å². The molecule has 0 fully saturated rings. The molecule has 0 aliphatic rings. The Balaban J connectivity index is 2.78. The van der Waals surface area contributed by atoms with E-state index in [2.05, 4.69) is 11.2 Å². The van der Waals surface area contributed by atoms with Crippen LogP contribution in [-0.2, 0) is 0 Å². The molecule has 0 saturated heterocycles. The Morgan fingerprint density at radius 2 is 2.07 bits per heavy atom. The number of rotatable bonds is 3. The summed E-state index contributed by atoms with van der Waals surface area (Å²) in [6, 6.07) is 3.34. The van der Waals surface area contributed by atoms with Crippen LogP contribution in [0, 0.1) is 32.0 Å². The van der Waals surface area contributed by atoms with Crippen molar-refractivity contribution in [2.24, 2.45) is 0 Å².